The Morgan fingerprint density at radius 3 is 2.79 bits per heavy atom. The van der Waals surface area contributed by atoms with Gasteiger partial charge in [0.2, 0.25) is 5.91 Å². The number of aromatic amines is 1. The lowest BCUT2D eigenvalue weighted by molar-refractivity contribution is -0.133. The fourth-order valence-corrected chi connectivity index (χ4v) is 2.00. The smallest absolute Gasteiger partial charge is 0.354 e. The van der Waals surface area contributed by atoms with Crippen molar-refractivity contribution in [3.05, 3.63) is 17.7 Å². The molecular formula is C11H14N4O4. The molecule has 8 heteroatoms. The van der Waals surface area contributed by atoms with Crippen LogP contribution in [-0.2, 0) is 4.79 Å². The summed E-state index contributed by atoms with van der Waals surface area (Å²) >= 11 is 0. The third kappa shape index (κ3) is 2.05. The molecule has 0 bridgehead atoms. The van der Waals surface area contributed by atoms with Gasteiger partial charge in [-0.1, -0.05) is 0 Å². The standard InChI is InChI=1S/C11H14N4O4/c1-11(2)10(19)12-3-4-15(11)8(16)6-7(9(17)18)14-5-13-6/h5H,3-4H2,1-2H3,(H,12,19)(H,13,14)(H,17,18). The van der Waals surface area contributed by atoms with E-state index in [1.807, 2.05) is 0 Å². The molecule has 1 aromatic heterocycles. The number of nitrogens with zero attached hydrogens (tertiary/aromatic N) is 2. The van der Waals surface area contributed by atoms with Gasteiger partial charge in [0.05, 0.1) is 6.33 Å². The number of carboxylic acid groups (broad SMARTS) is 1. The molecule has 8 nitrogen and oxygen atoms in total. The van der Waals surface area contributed by atoms with Crippen LogP contribution in [-0.4, -0.2) is 56.4 Å². The molecule has 19 heavy (non-hydrogen) atoms. The molecule has 102 valence electrons. The van der Waals surface area contributed by atoms with Crippen molar-refractivity contribution in [1.29, 1.82) is 0 Å². The first-order valence-electron chi connectivity index (χ1n) is 5.72. The second-order valence-electron chi connectivity index (χ2n) is 4.70. The summed E-state index contributed by atoms with van der Waals surface area (Å²) in [7, 11) is 0. The number of hydrogen-bond donors (Lipinski definition) is 3. The van der Waals surface area contributed by atoms with Crippen LogP contribution in [0.25, 0.3) is 0 Å². The number of carboxylic acids is 1. The van der Waals surface area contributed by atoms with Gasteiger partial charge in [-0.05, 0) is 13.8 Å². The van der Waals surface area contributed by atoms with Crippen LogP contribution in [0.5, 0.6) is 0 Å². The van der Waals surface area contributed by atoms with Gasteiger partial charge in [0.25, 0.3) is 5.91 Å². The lowest BCUT2D eigenvalue weighted by atomic mass is 9.98. The summed E-state index contributed by atoms with van der Waals surface area (Å²) < 4.78 is 0. The molecule has 2 amide bonds. The Balaban J connectivity index is 2.36. The summed E-state index contributed by atoms with van der Waals surface area (Å²) in [5.74, 6) is -2.11. The molecule has 0 radical (unpaired) electrons. The third-order valence-corrected chi connectivity index (χ3v) is 3.15. The Morgan fingerprint density at radius 2 is 2.16 bits per heavy atom. The lowest BCUT2D eigenvalue weighted by Gasteiger charge is -2.40. The number of imidazole rings is 1. The van der Waals surface area contributed by atoms with Gasteiger partial charge >= 0.3 is 5.97 Å². The monoisotopic (exact) mass is 266 g/mol. The molecule has 1 aliphatic heterocycles. The predicted octanol–water partition coefficient (Wildman–Crippen LogP) is -0.541. The number of carbonyl (C=O) groups excluding carboxylic acids is 2. The van der Waals surface area contributed by atoms with Crippen molar-refractivity contribution < 1.29 is 19.5 Å². The van der Waals surface area contributed by atoms with Gasteiger partial charge in [0, 0.05) is 13.1 Å². The fourth-order valence-electron chi connectivity index (χ4n) is 2.00. The zero-order valence-corrected chi connectivity index (χ0v) is 10.6. The predicted molar refractivity (Wildman–Crippen MR) is 63.7 cm³/mol. The minimum absolute atomic E-state index is 0.185. The molecule has 2 heterocycles. The molecule has 0 atom stereocenters. The van der Waals surface area contributed by atoms with E-state index in [2.05, 4.69) is 15.3 Å². The van der Waals surface area contributed by atoms with Crippen molar-refractivity contribution in [2.45, 2.75) is 19.4 Å². The molecule has 1 aliphatic rings. The van der Waals surface area contributed by atoms with Gasteiger partial charge in [0.15, 0.2) is 11.4 Å². The minimum Gasteiger partial charge on any atom is -0.477 e. The van der Waals surface area contributed by atoms with Crippen molar-refractivity contribution in [2.75, 3.05) is 13.1 Å². The maximum absolute atomic E-state index is 12.3. The van der Waals surface area contributed by atoms with Gasteiger partial charge in [0.1, 0.15) is 5.54 Å². The molecular weight excluding hydrogens is 252 g/mol. The van der Waals surface area contributed by atoms with E-state index < -0.39 is 17.4 Å². The fraction of sp³-hybridized carbons (Fsp3) is 0.455. The molecule has 2 rings (SSSR count). The number of nitrogens with one attached hydrogen (secondary N) is 2. The van der Waals surface area contributed by atoms with Crippen molar-refractivity contribution >= 4 is 17.8 Å². The second kappa shape index (κ2) is 4.38. The lowest BCUT2D eigenvalue weighted by Crippen LogP contribution is -2.63. The van der Waals surface area contributed by atoms with Crippen LogP contribution in [0, 0.1) is 0 Å². The van der Waals surface area contributed by atoms with Crippen LogP contribution < -0.4 is 5.32 Å². The molecule has 1 aromatic rings. The average Bonchev–Trinajstić information content (AvgIpc) is 2.81. The number of aromatic nitrogens is 2. The van der Waals surface area contributed by atoms with Crippen LogP contribution in [0.3, 0.4) is 0 Å². The Bertz CT molecular complexity index is 549. The Labute approximate surface area is 108 Å². The molecule has 1 saturated heterocycles. The maximum atomic E-state index is 12.3. The van der Waals surface area contributed by atoms with E-state index in [0.29, 0.717) is 13.1 Å². The summed E-state index contributed by atoms with van der Waals surface area (Å²) in [5.41, 5.74) is -1.49. The van der Waals surface area contributed by atoms with Gasteiger partial charge in [-0.25, -0.2) is 9.78 Å². The quantitative estimate of drug-likeness (QED) is 0.664. The maximum Gasteiger partial charge on any atom is 0.354 e. The van der Waals surface area contributed by atoms with Crippen LogP contribution in [0.1, 0.15) is 34.8 Å². The van der Waals surface area contributed by atoms with E-state index in [1.54, 1.807) is 13.8 Å². The first-order chi connectivity index (χ1) is 8.85. The zero-order valence-electron chi connectivity index (χ0n) is 10.6. The van der Waals surface area contributed by atoms with Crippen molar-refractivity contribution in [1.82, 2.24) is 20.2 Å². The third-order valence-electron chi connectivity index (χ3n) is 3.15. The highest BCUT2D eigenvalue weighted by Crippen LogP contribution is 2.21. The van der Waals surface area contributed by atoms with Crippen molar-refractivity contribution in [3.8, 4) is 0 Å². The molecule has 0 aromatic carbocycles. The highest BCUT2D eigenvalue weighted by molar-refractivity contribution is 6.04. The highest BCUT2D eigenvalue weighted by Gasteiger charge is 2.42. The summed E-state index contributed by atoms with van der Waals surface area (Å²) in [6, 6.07) is 0. The summed E-state index contributed by atoms with van der Waals surface area (Å²) in [4.78, 5) is 42.6. The van der Waals surface area contributed by atoms with E-state index in [-0.39, 0.29) is 17.3 Å². The van der Waals surface area contributed by atoms with Crippen LogP contribution >= 0.6 is 0 Å². The summed E-state index contributed by atoms with van der Waals surface area (Å²) in [6.45, 7) is 3.85. The summed E-state index contributed by atoms with van der Waals surface area (Å²) in [6.07, 6.45) is 1.15. The van der Waals surface area contributed by atoms with E-state index in [1.165, 1.54) is 4.90 Å². The average molecular weight is 266 g/mol. The molecule has 1 fully saturated rings. The molecule has 0 unspecified atom stereocenters. The number of aromatic carboxylic acids is 1. The number of piperazine rings is 1. The number of rotatable bonds is 2. The first kappa shape index (κ1) is 13.1. The largest absolute Gasteiger partial charge is 0.477 e. The second-order valence-corrected chi connectivity index (χ2v) is 4.70. The topological polar surface area (TPSA) is 115 Å². The van der Waals surface area contributed by atoms with E-state index >= 15 is 0 Å². The molecule has 0 saturated carbocycles. The Morgan fingerprint density at radius 1 is 1.47 bits per heavy atom. The molecule has 0 spiro atoms. The Kier molecular flexibility index (Phi) is 3.01. The SMILES string of the molecule is CC1(C)C(=O)NCCN1C(=O)c1nc[nH]c1C(=O)O. The van der Waals surface area contributed by atoms with E-state index in [0.717, 1.165) is 6.33 Å². The first-order valence-corrected chi connectivity index (χ1v) is 5.72. The Hall–Kier alpha value is -2.38. The van der Waals surface area contributed by atoms with Crippen LogP contribution in [0.15, 0.2) is 6.33 Å². The van der Waals surface area contributed by atoms with Gasteiger partial charge in [-0.15, -0.1) is 0 Å². The number of carbonyl (C=O) groups is 3. The number of hydrogen-bond acceptors (Lipinski definition) is 4. The normalized spacial score (nSPS) is 18.0. The van der Waals surface area contributed by atoms with Crippen LogP contribution in [0.4, 0.5) is 0 Å². The van der Waals surface area contributed by atoms with Gasteiger partial charge in [-0.2, -0.15) is 0 Å². The van der Waals surface area contributed by atoms with E-state index in [4.69, 9.17) is 5.11 Å². The van der Waals surface area contributed by atoms with Crippen molar-refractivity contribution in [2.24, 2.45) is 0 Å². The summed E-state index contributed by atoms with van der Waals surface area (Å²) in [5, 5.41) is 11.6. The minimum atomic E-state index is -1.26. The zero-order chi connectivity index (χ0) is 14.2. The van der Waals surface area contributed by atoms with Crippen molar-refractivity contribution in [3.63, 3.8) is 0 Å². The number of amides is 2. The van der Waals surface area contributed by atoms with E-state index in [9.17, 15) is 14.4 Å². The van der Waals surface area contributed by atoms with Gasteiger partial charge in [-0.3, -0.25) is 9.59 Å². The molecule has 3 N–H and O–H groups in total. The van der Waals surface area contributed by atoms with Crippen LogP contribution in [0.2, 0.25) is 0 Å². The highest BCUT2D eigenvalue weighted by atomic mass is 16.4. The molecule has 0 aliphatic carbocycles. The van der Waals surface area contributed by atoms with Gasteiger partial charge < -0.3 is 20.3 Å². The number of H-pyrrole nitrogens is 1.